The molecule has 0 aromatic carbocycles. The zero-order valence-electron chi connectivity index (χ0n) is 11.0. The number of nitrogens with two attached hydrogens (primary N) is 1. The second-order valence-electron chi connectivity index (χ2n) is 4.62. The van der Waals surface area contributed by atoms with E-state index in [1.807, 2.05) is 0 Å². The monoisotopic (exact) mass is 270 g/mol. The van der Waals surface area contributed by atoms with E-state index in [-0.39, 0.29) is 11.5 Å². The van der Waals surface area contributed by atoms with E-state index >= 15 is 0 Å². The first-order chi connectivity index (χ1) is 8.99. The van der Waals surface area contributed by atoms with Crippen molar-refractivity contribution in [1.82, 2.24) is 9.55 Å². The summed E-state index contributed by atoms with van der Waals surface area (Å²) in [6.07, 6.45) is 0.736. The summed E-state index contributed by atoms with van der Waals surface area (Å²) in [5.41, 5.74) is 4.39. The van der Waals surface area contributed by atoms with E-state index in [4.69, 9.17) is 15.2 Å². The van der Waals surface area contributed by atoms with Crippen molar-refractivity contribution in [3.8, 4) is 0 Å². The Labute approximate surface area is 109 Å². The number of rotatable bonds is 4. The van der Waals surface area contributed by atoms with Gasteiger partial charge in [-0.1, -0.05) is 0 Å². The summed E-state index contributed by atoms with van der Waals surface area (Å²) in [5.74, 6) is 0.0962. The summed E-state index contributed by atoms with van der Waals surface area (Å²) in [5, 5.41) is 2.95. The minimum atomic E-state index is -0.543. The molecule has 1 fully saturated rings. The maximum atomic E-state index is 11.7. The standard InChI is InChI=1S/C11H18N4O4/c1-15-8(12)7(9(16)14-10(15)17)13-5-11(18-2)3-4-19-6-11/h13H,3-6,12H2,1-2H3,(H,14,16,17). The number of methoxy groups -OCH3 is 1. The van der Waals surface area contributed by atoms with Gasteiger partial charge in [0.25, 0.3) is 5.56 Å². The topological polar surface area (TPSA) is 111 Å². The van der Waals surface area contributed by atoms with E-state index < -0.39 is 16.9 Å². The van der Waals surface area contributed by atoms with Crippen LogP contribution >= 0.6 is 0 Å². The van der Waals surface area contributed by atoms with Crippen molar-refractivity contribution in [3.63, 3.8) is 0 Å². The van der Waals surface area contributed by atoms with E-state index in [1.54, 1.807) is 7.11 Å². The zero-order valence-corrected chi connectivity index (χ0v) is 11.0. The molecule has 0 saturated carbocycles. The number of nitrogens with one attached hydrogen (secondary N) is 2. The Kier molecular flexibility index (Phi) is 3.63. The molecule has 1 atom stereocenters. The van der Waals surface area contributed by atoms with Crippen LogP contribution in [0.5, 0.6) is 0 Å². The van der Waals surface area contributed by atoms with E-state index in [0.29, 0.717) is 19.8 Å². The molecule has 0 bridgehead atoms. The average Bonchev–Trinajstić information content (AvgIpc) is 2.85. The highest BCUT2D eigenvalue weighted by Gasteiger charge is 2.35. The van der Waals surface area contributed by atoms with Gasteiger partial charge in [0.05, 0.1) is 6.61 Å². The third-order valence-electron chi connectivity index (χ3n) is 3.46. The Morgan fingerprint density at radius 1 is 1.58 bits per heavy atom. The van der Waals surface area contributed by atoms with Gasteiger partial charge in [-0.2, -0.15) is 0 Å². The lowest BCUT2D eigenvalue weighted by atomic mass is 10.0. The van der Waals surface area contributed by atoms with Crippen molar-refractivity contribution in [2.24, 2.45) is 7.05 Å². The van der Waals surface area contributed by atoms with Gasteiger partial charge < -0.3 is 20.5 Å². The number of ether oxygens (including phenoxy) is 2. The predicted molar refractivity (Wildman–Crippen MR) is 70.4 cm³/mol. The van der Waals surface area contributed by atoms with Gasteiger partial charge in [-0.05, 0) is 0 Å². The lowest BCUT2D eigenvalue weighted by molar-refractivity contribution is -0.00621. The number of aromatic amines is 1. The maximum Gasteiger partial charge on any atom is 0.329 e. The first-order valence-electron chi connectivity index (χ1n) is 5.95. The molecule has 1 aromatic rings. The summed E-state index contributed by atoms with van der Waals surface area (Å²) in [4.78, 5) is 25.3. The minimum absolute atomic E-state index is 0.0962. The highest BCUT2D eigenvalue weighted by molar-refractivity contribution is 5.60. The van der Waals surface area contributed by atoms with Gasteiger partial charge in [-0.15, -0.1) is 0 Å². The van der Waals surface area contributed by atoms with E-state index in [2.05, 4.69) is 10.3 Å². The summed E-state index contributed by atoms with van der Waals surface area (Å²) in [6.45, 7) is 1.46. The van der Waals surface area contributed by atoms with Crippen LogP contribution in [0, 0.1) is 0 Å². The molecule has 1 aliphatic rings. The summed E-state index contributed by atoms with van der Waals surface area (Å²) >= 11 is 0. The molecule has 2 rings (SSSR count). The van der Waals surface area contributed by atoms with Gasteiger partial charge in [0.1, 0.15) is 17.1 Å². The normalized spacial score (nSPS) is 22.6. The van der Waals surface area contributed by atoms with Crippen LogP contribution in [0.4, 0.5) is 11.5 Å². The van der Waals surface area contributed by atoms with Gasteiger partial charge in [0, 0.05) is 33.7 Å². The van der Waals surface area contributed by atoms with Crippen LogP contribution in [0.15, 0.2) is 9.59 Å². The quantitative estimate of drug-likeness (QED) is 0.638. The summed E-state index contributed by atoms with van der Waals surface area (Å²) in [7, 11) is 3.09. The van der Waals surface area contributed by atoms with Gasteiger partial charge >= 0.3 is 5.69 Å². The minimum Gasteiger partial charge on any atom is -0.383 e. The Balaban J connectivity index is 2.23. The van der Waals surface area contributed by atoms with Gasteiger partial charge in [-0.3, -0.25) is 14.3 Å². The van der Waals surface area contributed by atoms with E-state index in [9.17, 15) is 9.59 Å². The van der Waals surface area contributed by atoms with Crippen LogP contribution in [-0.4, -0.2) is 42.0 Å². The smallest absolute Gasteiger partial charge is 0.329 e. The SMILES string of the molecule is COC1(CNc2c(N)n(C)c(=O)[nH]c2=O)CCOC1. The molecule has 1 aliphatic heterocycles. The molecule has 4 N–H and O–H groups in total. The number of hydrogen-bond donors (Lipinski definition) is 3. The van der Waals surface area contributed by atoms with E-state index in [0.717, 1.165) is 6.42 Å². The van der Waals surface area contributed by atoms with Crippen molar-refractivity contribution in [1.29, 1.82) is 0 Å². The first-order valence-corrected chi connectivity index (χ1v) is 5.95. The number of nitrogen functional groups attached to an aromatic ring is 1. The lowest BCUT2D eigenvalue weighted by Gasteiger charge is -2.26. The van der Waals surface area contributed by atoms with Gasteiger partial charge in [0.15, 0.2) is 0 Å². The molecular weight excluding hydrogens is 252 g/mol. The van der Waals surface area contributed by atoms with Crippen molar-refractivity contribution in [3.05, 3.63) is 20.8 Å². The largest absolute Gasteiger partial charge is 0.383 e. The predicted octanol–water partition coefficient (Wildman–Crippen LogP) is -1.13. The number of aromatic nitrogens is 2. The van der Waals surface area contributed by atoms with Crippen LogP contribution < -0.4 is 22.3 Å². The zero-order chi connectivity index (χ0) is 14.0. The second-order valence-corrected chi connectivity index (χ2v) is 4.62. The van der Waals surface area contributed by atoms with Crippen LogP contribution in [-0.2, 0) is 16.5 Å². The molecule has 8 heteroatoms. The Morgan fingerprint density at radius 3 is 2.89 bits per heavy atom. The van der Waals surface area contributed by atoms with E-state index in [1.165, 1.54) is 11.6 Å². The molecular formula is C11H18N4O4. The maximum absolute atomic E-state index is 11.7. The molecule has 8 nitrogen and oxygen atoms in total. The molecule has 1 saturated heterocycles. The highest BCUT2D eigenvalue weighted by Crippen LogP contribution is 2.23. The molecule has 0 spiro atoms. The van der Waals surface area contributed by atoms with Crippen LogP contribution in [0.1, 0.15) is 6.42 Å². The van der Waals surface area contributed by atoms with Crippen molar-refractivity contribution < 1.29 is 9.47 Å². The Bertz CT molecular complexity index is 571. The van der Waals surface area contributed by atoms with Crippen LogP contribution in [0.2, 0.25) is 0 Å². The van der Waals surface area contributed by atoms with Crippen LogP contribution in [0.3, 0.4) is 0 Å². The van der Waals surface area contributed by atoms with Crippen LogP contribution in [0.25, 0.3) is 0 Å². The fourth-order valence-corrected chi connectivity index (χ4v) is 2.02. The van der Waals surface area contributed by atoms with Gasteiger partial charge in [-0.25, -0.2) is 4.79 Å². The second kappa shape index (κ2) is 5.06. The van der Waals surface area contributed by atoms with Crippen molar-refractivity contribution >= 4 is 11.5 Å². The average molecular weight is 270 g/mol. The number of H-pyrrole nitrogens is 1. The molecule has 0 radical (unpaired) electrons. The van der Waals surface area contributed by atoms with Gasteiger partial charge in [0.2, 0.25) is 0 Å². The molecule has 19 heavy (non-hydrogen) atoms. The third kappa shape index (κ3) is 2.49. The lowest BCUT2D eigenvalue weighted by Crippen LogP contribution is -2.41. The Hall–Kier alpha value is -1.80. The molecule has 106 valence electrons. The number of hydrogen-bond acceptors (Lipinski definition) is 6. The number of nitrogens with zero attached hydrogens (tertiary/aromatic N) is 1. The summed E-state index contributed by atoms with van der Waals surface area (Å²) < 4.78 is 11.9. The van der Waals surface area contributed by atoms with Crippen molar-refractivity contribution in [2.45, 2.75) is 12.0 Å². The van der Waals surface area contributed by atoms with Crippen molar-refractivity contribution in [2.75, 3.05) is 37.9 Å². The first kappa shape index (κ1) is 13.6. The molecule has 1 aromatic heterocycles. The Morgan fingerprint density at radius 2 is 2.32 bits per heavy atom. The highest BCUT2D eigenvalue weighted by atomic mass is 16.5. The fourth-order valence-electron chi connectivity index (χ4n) is 2.02. The fraction of sp³-hybridized carbons (Fsp3) is 0.636. The third-order valence-corrected chi connectivity index (χ3v) is 3.46. The molecule has 1 unspecified atom stereocenters. The molecule has 0 amide bonds. The summed E-state index contributed by atoms with van der Waals surface area (Å²) in [6, 6.07) is 0. The molecule has 0 aliphatic carbocycles. The molecule has 2 heterocycles. The number of anilines is 2.